The number of Topliss-reactive ketones (excluding diaryl/α,β-unsaturated/α-hetero) is 2. The van der Waals surface area contributed by atoms with Gasteiger partial charge in [0.05, 0.1) is 0 Å². The van der Waals surface area contributed by atoms with Crippen LogP contribution in [-0.4, -0.2) is 17.5 Å². The van der Waals surface area contributed by atoms with Gasteiger partial charge in [-0.05, 0) is 19.8 Å². The standard InChI is InChI=1S/C15H15NO3/c1-9-10(7-4-8-13(16)17)15(19)12-6-3-2-5-11(12)14(9)18/h2-3,5-6H,4,7-8H2,1H3,(H2,16,17). The fourth-order valence-electron chi connectivity index (χ4n) is 2.29. The molecule has 0 atom stereocenters. The first-order valence-electron chi connectivity index (χ1n) is 6.19. The molecule has 1 aromatic carbocycles. The van der Waals surface area contributed by atoms with Gasteiger partial charge >= 0.3 is 0 Å². The highest BCUT2D eigenvalue weighted by Crippen LogP contribution is 2.28. The monoisotopic (exact) mass is 257 g/mol. The average Bonchev–Trinajstić information content (AvgIpc) is 2.40. The van der Waals surface area contributed by atoms with Gasteiger partial charge < -0.3 is 5.73 Å². The van der Waals surface area contributed by atoms with Crippen molar-refractivity contribution >= 4 is 17.5 Å². The van der Waals surface area contributed by atoms with Crippen molar-refractivity contribution in [2.45, 2.75) is 26.2 Å². The predicted molar refractivity (Wildman–Crippen MR) is 70.8 cm³/mol. The predicted octanol–water partition coefficient (Wildman–Crippen LogP) is 2.04. The molecule has 0 bridgehead atoms. The molecule has 98 valence electrons. The van der Waals surface area contributed by atoms with E-state index in [9.17, 15) is 14.4 Å². The van der Waals surface area contributed by atoms with E-state index in [0.717, 1.165) is 0 Å². The zero-order valence-electron chi connectivity index (χ0n) is 10.7. The molecular weight excluding hydrogens is 242 g/mol. The number of benzene rings is 1. The number of primary amides is 1. The van der Waals surface area contributed by atoms with Crippen molar-refractivity contribution in [3.8, 4) is 0 Å². The topological polar surface area (TPSA) is 77.2 Å². The smallest absolute Gasteiger partial charge is 0.217 e. The number of carbonyl (C=O) groups is 3. The third-order valence-electron chi connectivity index (χ3n) is 3.33. The molecule has 0 radical (unpaired) electrons. The highest BCUT2D eigenvalue weighted by atomic mass is 16.1. The Morgan fingerprint density at radius 3 is 2.26 bits per heavy atom. The molecule has 0 saturated heterocycles. The Kier molecular flexibility index (Phi) is 3.60. The van der Waals surface area contributed by atoms with Crippen molar-refractivity contribution < 1.29 is 14.4 Å². The summed E-state index contributed by atoms with van der Waals surface area (Å²) in [7, 11) is 0. The van der Waals surface area contributed by atoms with E-state index >= 15 is 0 Å². The number of ketones is 2. The van der Waals surface area contributed by atoms with Crippen LogP contribution in [0.15, 0.2) is 35.4 Å². The molecule has 1 aliphatic carbocycles. The van der Waals surface area contributed by atoms with Crippen molar-refractivity contribution in [1.82, 2.24) is 0 Å². The minimum Gasteiger partial charge on any atom is -0.370 e. The number of hydrogen-bond acceptors (Lipinski definition) is 3. The van der Waals surface area contributed by atoms with E-state index in [1.807, 2.05) is 0 Å². The molecule has 1 aliphatic rings. The van der Waals surface area contributed by atoms with E-state index in [1.54, 1.807) is 31.2 Å². The zero-order chi connectivity index (χ0) is 14.0. The number of allylic oxidation sites excluding steroid dienone is 2. The summed E-state index contributed by atoms with van der Waals surface area (Å²) in [6.45, 7) is 1.66. The Labute approximate surface area is 111 Å². The molecule has 4 heteroatoms. The second-order valence-corrected chi connectivity index (χ2v) is 4.63. The van der Waals surface area contributed by atoms with E-state index in [4.69, 9.17) is 5.73 Å². The maximum absolute atomic E-state index is 12.3. The van der Waals surface area contributed by atoms with Crippen LogP contribution in [-0.2, 0) is 4.79 Å². The van der Waals surface area contributed by atoms with Crippen LogP contribution in [0.5, 0.6) is 0 Å². The van der Waals surface area contributed by atoms with E-state index in [0.29, 0.717) is 35.1 Å². The van der Waals surface area contributed by atoms with Crippen LogP contribution in [0, 0.1) is 0 Å². The number of carbonyl (C=O) groups excluding carboxylic acids is 3. The maximum Gasteiger partial charge on any atom is 0.217 e. The van der Waals surface area contributed by atoms with E-state index < -0.39 is 5.91 Å². The van der Waals surface area contributed by atoms with E-state index in [2.05, 4.69) is 0 Å². The summed E-state index contributed by atoms with van der Waals surface area (Å²) >= 11 is 0. The molecule has 0 fully saturated rings. The molecule has 0 aliphatic heterocycles. The lowest BCUT2D eigenvalue weighted by atomic mass is 9.83. The average molecular weight is 257 g/mol. The number of amides is 1. The van der Waals surface area contributed by atoms with Gasteiger partial charge in [0.25, 0.3) is 0 Å². The van der Waals surface area contributed by atoms with Gasteiger partial charge in [-0.1, -0.05) is 24.3 Å². The van der Waals surface area contributed by atoms with Gasteiger partial charge in [-0.2, -0.15) is 0 Å². The molecule has 0 heterocycles. The van der Waals surface area contributed by atoms with Crippen LogP contribution in [0.2, 0.25) is 0 Å². The highest BCUT2D eigenvalue weighted by Gasteiger charge is 2.28. The van der Waals surface area contributed by atoms with Crippen molar-refractivity contribution in [1.29, 1.82) is 0 Å². The van der Waals surface area contributed by atoms with Crippen LogP contribution in [0.3, 0.4) is 0 Å². The van der Waals surface area contributed by atoms with Crippen LogP contribution in [0.1, 0.15) is 46.9 Å². The fraction of sp³-hybridized carbons (Fsp3) is 0.267. The van der Waals surface area contributed by atoms with Gasteiger partial charge in [0.15, 0.2) is 11.6 Å². The normalized spacial score (nSPS) is 14.6. The number of hydrogen-bond donors (Lipinski definition) is 1. The Hall–Kier alpha value is -2.23. The summed E-state index contributed by atoms with van der Waals surface area (Å²) in [5.41, 5.74) is 6.97. The maximum atomic E-state index is 12.3. The molecule has 19 heavy (non-hydrogen) atoms. The highest BCUT2D eigenvalue weighted by molar-refractivity contribution is 6.26. The summed E-state index contributed by atoms with van der Waals surface area (Å²) in [5, 5.41) is 0. The molecule has 2 N–H and O–H groups in total. The largest absolute Gasteiger partial charge is 0.370 e. The minimum absolute atomic E-state index is 0.107. The van der Waals surface area contributed by atoms with Gasteiger partial charge in [0.2, 0.25) is 5.91 Å². The molecule has 1 amide bonds. The van der Waals surface area contributed by atoms with Gasteiger partial charge in [0, 0.05) is 28.7 Å². The number of fused-ring (bicyclic) bond motifs is 1. The third-order valence-corrected chi connectivity index (χ3v) is 3.33. The van der Waals surface area contributed by atoms with Crippen molar-refractivity contribution in [2.24, 2.45) is 5.73 Å². The molecule has 0 spiro atoms. The van der Waals surface area contributed by atoms with E-state index in [-0.39, 0.29) is 18.0 Å². The molecule has 0 saturated carbocycles. The first-order valence-corrected chi connectivity index (χ1v) is 6.19. The van der Waals surface area contributed by atoms with Gasteiger partial charge in [-0.3, -0.25) is 14.4 Å². The van der Waals surface area contributed by atoms with Crippen LogP contribution in [0.25, 0.3) is 0 Å². The Morgan fingerprint density at radius 1 is 1.11 bits per heavy atom. The molecule has 4 nitrogen and oxygen atoms in total. The fourth-order valence-corrected chi connectivity index (χ4v) is 2.29. The zero-order valence-corrected chi connectivity index (χ0v) is 10.7. The second kappa shape index (κ2) is 5.18. The van der Waals surface area contributed by atoms with Crippen molar-refractivity contribution in [3.05, 3.63) is 46.5 Å². The lowest BCUT2D eigenvalue weighted by molar-refractivity contribution is -0.118. The quantitative estimate of drug-likeness (QED) is 0.896. The Bertz CT molecular complexity index is 599. The summed E-state index contributed by atoms with van der Waals surface area (Å²) in [5.74, 6) is -0.616. The van der Waals surface area contributed by atoms with E-state index in [1.165, 1.54) is 0 Å². The molecule has 1 aromatic rings. The lowest BCUT2D eigenvalue weighted by Crippen LogP contribution is -2.21. The van der Waals surface area contributed by atoms with Crippen LogP contribution >= 0.6 is 0 Å². The Balaban J connectivity index is 2.29. The summed E-state index contributed by atoms with van der Waals surface area (Å²) in [6.07, 6.45) is 1.12. The van der Waals surface area contributed by atoms with Crippen LogP contribution < -0.4 is 5.73 Å². The van der Waals surface area contributed by atoms with Crippen LogP contribution in [0.4, 0.5) is 0 Å². The number of rotatable bonds is 4. The van der Waals surface area contributed by atoms with Crippen molar-refractivity contribution in [2.75, 3.05) is 0 Å². The summed E-state index contributed by atoms with van der Waals surface area (Å²) < 4.78 is 0. The minimum atomic E-state index is -0.395. The molecular formula is C15H15NO3. The first-order chi connectivity index (χ1) is 9.02. The van der Waals surface area contributed by atoms with Crippen molar-refractivity contribution in [3.63, 3.8) is 0 Å². The lowest BCUT2D eigenvalue weighted by Gasteiger charge is -2.18. The summed E-state index contributed by atoms with van der Waals surface area (Å²) in [4.78, 5) is 35.2. The molecule has 0 unspecified atom stereocenters. The van der Waals surface area contributed by atoms with Gasteiger partial charge in [0.1, 0.15) is 0 Å². The Morgan fingerprint density at radius 2 is 1.68 bits per heavy atom. The second-order valence-electron chi connectivity index (χ2n) is 4.63. The van der Waals surface area contributed by atoms with Gasteiger partial charge in [-0.25, -0.2) is 0 Å². The third kappa shape index (κ3) is 2.47. The SMILES string of the molecule is CC1=C(CCCC(N)=O)C(=O)c2ccccc2C1=O. The molecule has 2 rings (SSSR count). The first kappa shape index (κ1) is 13.2. The summed E-state index contributed by atoms with van der Waals surface area (Å²) in [6, 6.07) is 6.82. The van der Waals surface area contributed by atoms with Gasteiger partial charge in [-0.15, -0.1) is 0 Å². The number of nitrogens with two attached hydrogens (primary N) is 1. The molecule has 0 aromatic heterocycles.